The van der Waals surface area contributed by atoms with Gasteiger partial charge in [-0.25, -0.2) is 4.98 Å². The summed E-state index contributed by atoms with van der Waals surface area (Å²) in [6.07, 6.45) is 1.60. The van der Waals surface area contributed by atoms with Crippen LogP contribution in [0.3, 0.4) is 0 Å². The molecule has 0 aliphatic heterocycles. The Hall–Kier alpha value is -2.21. The molecule has 1 N–H and O–H groups in total. The number of nitrogens with one attached hydrogen (secondary N) is 1. The molecule has 0 aliphatic rings. The molecule has 0 aliphatic carbocycles. The molecule has 5 nitrogen and oxygen atoms in total. The Morgan fingerprint density at radius 3 is 2.75 bits per heavy atom. The van der Waals surface area contributed by atoms with E-state index in [1.54, 1.807) is 19.3 Å². The fourth-order valence-electron chi connectivity index (χ4n) is 1.99. The average Bonchev–Trinajstić information content (AvgIpc) is 2.96. The normalized spacial score (nSPS) is 10.9. The molecule has 1 amide bonds. The molecule has 0 spiro atoms. The summed E-state index contributed by atoms with van der Waals surface area (Å²) in [5.41, 5.74) is 3.85. The standard InChI is InChI=1S/C14H14N4OS/c1-8-6-10-12(7-9(8)2)20-14(16-10)17-13(19)11-4-5-15-18(11)3/h4-7H,1-3H3,(H,16,17,19). The molecule has 102 valence electrons. The van der Waals surface area contributed by atoms with Crippen LogP contribution in [0.2, 0.25) is 0 Å². The van der Waals surface area contributed by atoms with E-state index in [4.69, 9.17) is 0 Å². The highest BCUT2D eigenvalue weighted by atomic mass is 32.1. The summed E-state index contributed by atoms with van der Waals surface area (Å²) in [6, 6.07) is 5.82. The van der Waals surface area contributed by atoms with Crippen LogP contribution in [-0.4, -0.2) is 20.7 Å². The lowest BCUT2D eigenvalue weighted by Gasteiger charge is -2.00. The van der Waals surface area contributed by atoms with Gasteiger partial charge in [0, 0.05) is 13.2 Å². The molecule has 0 saturated carbocycles. The van der Waals surface area contributed by atoms with E-state index in [0.29, 0.717) is 10.8 Å². The molecule has 0 saturated heterocycles. The molecular weight excluding hydrogens is 272 g/mol. The van der Waals surface area contributed by atoms with Crippen molar-refractivity contribution in [3.05, 3.63) is 41.2 Å². The summed E-state index contributed by atoms with van der Waals surface area (Å²) >= 11 is 1.48. The van der Waals surface area contributed by atoms with Gasteiger partial charge >= 0.3 is 0 Å². The Morgan fingerprint density at radius 1 is 1.30 bits per heavy atom. The second-order valence-electron chi connectivity index (χ2n) is 4.72. The summed E-state index contributed by atoms with van der Waals surface area (Å²) in [7, 11) is 1.74. The number of carbonyl (C=O) groups is 1. The van der Waals surface area contributed by atoms with Gasteiger partial charge < -0.3 is 0 Å². The van der Waals surface area contributed by atoms with E-state index in [0.717, 1.165) is 10.2 Å². The Morgan fingerprint density at radius 2 is 2.05 bits per heavy atom. The molecule has 0 fully saturated rings. The number of rotatable bonds is 2. The summed E-state index contributed by atoms with van der Waals surface area (Å²) in [5, 5.41) is 7.41. The van der Waals surface area contributed by atoms with E-state index in [9.17, 15) is 4.79 Å². The number of benzene rings is 1. The van der Waals surface area contributed by atoms with E-state index in [1.165, 1.54) is 27.1 Å². The number of thiazole rings is 1. The van der Waals surface area contributed by atoms with Gasteiger partial charge in [-0.15, -0.1) is 0 Å². The van der Waals surface area contributed by atoms with E-state index >= 15 is 0 Å². The summed E-state index contributed by atoms with van der Waals surface area (Å²) in [4.78, 5) is 16.6. The predicted octanol–water partition coefficient (Wildman–Crippen LogP) is 2.90. The SMILES string of the molecule is Cc1cc2nc(NC(=O)c3ccnn3C)sc2cc1C. The zero-order valence-electron chi connectivity index (χ0n) is 11.5. The Bertz CT molecular complexity index is 764. The van der Waals surface area contributed by atoms with E-state index < -0.39 is 0 Å². The lowest BCUT2D eigenvalue weighted by Crippen LogP contribution is -2.15. The number of fused-ring (bicyclic) bond motifs is 1. The average molecular weight is 286 g/mol. The van der Waals surface area contributed by atoms with Crippen LogP contribution in [0.1, 0.15) is 21.6 Å². The van der Waals surface area contributed by atoms with Gasteiger partial charge in [-0.2, -0.15) is 5.10 Å². The zero-order chi connectivity index (χ0) is 14.3. The van der Waals surface area contributed by atoms with E-state index in [-0.39, 0.29) is 5.91 Å². The van der Waals surface area contributed by atoms with Crippen molar-refractivity contribution in [2.75, 3.05) is 5.32 Å². The van der Waals surface area contributed by atoms with E-state index in [2.05, 4.69) is 35.3 Å². The van der Waals surface area contributed by atoms with Gasteiger partial charge in [-0.05, 0) is 43.2 Å². The topological polar surface area (TPSA) is 59.8 Å². The summed E-state index contributed by atoms with van der Waals surface area (Å²) < 4.78 is 2.62. The zero-order valence-corrected chi connectivity index (χ0v) is 12.3. The number of nitrogens with zero attached hydrogens (tertiary/aromatic N) is 3. The number of amides is 1. The molecular formula is C14H14N4OS. The molecule has 0 bridgehead atoms. The first-order chi connectivity index (χ1) is 9.54. The molecule has 1 aromatic carbocycles. The number of carbonyl (C=O) groups excluding carboxylic acids is 1. The van der Waals surface area contributed by atoms with Gasteiger partial charge in [0.15, 0.2) is 5.13 Å². The van der Waals surface area contributed by atoms with Gasteiger partial charge in [-0.3, -0.25) is 14.8 Å². The minimum atomic E-state index is -0.197. The highest BCUT2D eigenvalue weighted by molar-refractivity contribution is 7.22. The Kier molecular flexibility index (Phi) is 3.02. The maximum absolute atomic E-state index is 12.1. The molecule has 3 aromatic rings. The molecule has 0 unspecified atom stereocenters. The maximum Gasteiger partial charge on any atom is 0.275 e. The molecule has 0 atom stereocenters. The lowest BCUT2D eigenvalue weighted by molar-refractivity contribution is 0.101. The molecule has 2 heterocycles. The van der Waals surface area contributed by atoms with Crippen molar-refractivity contribution in [2.45, 2.75) is 13.8 Å². The highest BCUT2D eigenvalue weighted by Gasteiger charge is 2.13. The Labute approximate surface area is 120 Å². The first-order valence-electron chi connectivity index (χ1n) is 6.22. The fraction of sp³-hybridized carbons (Fsp3) is 0.214. The first kappa shape index (κ1) is 12.8. The lowest BCUT2D eigenvalue weighted by atomic mass is 10.1. The van der Waals surface area contributed by atoms with Crippen molar-refractivity contribution in [3.63, 3.8) is 0 Å². The second-order valence-corrected chi connectivity index (χ2v) is 5.75. The fourth-order valence-corrected chi connectivity index (χ4v) is 2.93. The molecule has 0 radical (unpaired) electrons. The van der Waals surface area contributed by atoms with Crippen LogP contribution in [0.4, 0.5) is 5.13 Å². The predicted molar refractivity (Wildman–Crippen MR) is 80.3 cm³/mol. The maximum atomic E-state index is 12.1. The third-order valence-corrected chi connectivity index (χ3v) is 4.21. The van der Waals surface area contributed by atoms with E-state index in [1.807, 2.05) is 6.07 Å². The van der Waals surface area contributed by atoms with Crippen molar-refractivity contribution in [1.82, 2.24) is 14.8 Å². The first-order valence-corrected chi connectivity index (χ1v) is 7.03. The van der Waals surface area contributed by atoms with Crippen LogP contribution in [0.5, 0.6) is 0 Å². The van der Waals surface area contributed by atoms with Gasteiger partial charge in [0.1, 0.15) is 5.69 Å². The number of hydrogen-bond donors (Lipinski definition) is 1. The van der Waals surface area contributed by atoms with Crippen LogP contribution >= 0.6 is 11.3 Å². The van der Waals surface area contributed by atoms with Gasteiger partial charge in [-0.1, -0.05) is 11.3 Å². The number of anilines is 1. The van der Waals surface area contributed by atoms with Crippen LogP contribution in [0.15, 0.2) is 24.4 Å². The molecule has 6 heteroatoms. The quantitative estimate of drug-likeness (QED) is 0.788. The highest BCUT2D eigenvalue weighted by Crippen LogP contribution is 2.28. The van der Waals surface area contributed by atoms with Crippen molar-refractivity contribution in [1.29, 1.82) is 0 Å². The Balaban J connectivity index is 1.92. The number of aromatic nitrogens is 3. The van der Waals surface area contributed by atoms with Gasteiger partial charge in [0.25, 0.3) is 5.91 Å². The van der Waals surface area contributed by atoms with Crippen molar-refractivity contribution in [3.8, 4) is 0 Å². The van der Waals surface area contributed by atoms with Crippen LogP contribution in [0.25, 0.3) is 10.2 Å². The van der Waals surface area contributed by atoms with Crippen molar-refractivity contribution in [2.24, 2.45) is 7.05 Å². The third kappa shape index (κ3) is 2.18. The second kappa shape index (κ2) is 4.72. The van der Waals surface area contributed by atoms with Crippen LogP contribution in [-0.2, 0) is 7.05 Å². The molecule has 2 aromatic heterocycles. The monoisotopic (exact) mass is 286 g/mol. The van der Waals surface area contributed by atoms with Crippen LogP contribution < -0.4 is 5.32 Å². The van der Waals surface area contributed by atoms with Crippen LogP contribution in [0, 0.1) is 13.8 Å². The van der Waals surface area contributed by atoms with Crippen molar-refractivity contribution < 1.29 is 4.79 Å². The van der Waals surface area contributed by atoms with Gasteiger partial charge in [0.05, 0.1) is 10.2 Å². The number of aryl methyl sites for hydroxylation is 3. The third-order valence-electron chi connectivity index (χ3n) is 3.28. The number of hydrogen-bond acceptors (Lipinski definition) is 4. The molecule has 20 heavy (non-hydrogen) atoms. The van der Waals surface area contributed by atoms with Crippen molar-refractivity contribution >= 4 is 32.6 Å². The van der Waals surface area contributed by atoms with Gasteiger partial charge in [0.2, 0.25) is 0 Å². The summed E-state index contributed by atoms with van der Waals surface area (Å²) in [5.74, 6) is -0.197. The largest absolute Gasteiger partial charge is 0.296 e. The molecule has 3 rings (SSSR count). The smallest absolute Gasteiger partial charge is 0.275 e. The minimum absolute atomic E-state index is 0.197. The minimum Gasteiger partial charge on any atom is -0.296 e. The summed E-state index contributed by atoms with van der Waals surface area (Å²) in [6.45, 7) is 4.13.